The molecule has 5 nitrogen and oxygen atoms in total. The van der Waals surface area contributed by atoms with Crippen LogP contribution >= 0.6 is 12.2 Å². The van der Waals surface area contributed by atoms with Gasteiger partial charge in [0.15, 0.2) is 0 Å². The monoisotopic (exact) mass is 314 g/mol. The molecule has 21 heavy (non-hydrogen) atoms. The first-order valence-corrected chi connectivity index (χ1v) is 8.43. The molecule has 0 aromatic carbocycles. The molecule has 0 spiro atoms. The Labute approximate surface area is 134 Å². The van der Waals surface area contributed by atoms with E-state index in [4.69, 9.17) is 18.0 Å². The number of nitrogens with zero attached hydrogens (tertiary/aromatic N) is 3. The summed E-state index contributed by atoms with van der Waals surface area (Å²) in [5.74, 6) is 0.231. The lowest BCUT2D eigenvalue weighted by molar-refractivity contribution is -0.136. The highest BCUT2D eigenvalue weighted by Gasteiger charge is 2.30. The fourth-order valence-electron chi connectivity index (χ4n) is 3.03. The van der Waals surface area contributed by atoms with Gasteiger partial charge in [0, 0.05) is 39.3 Å². The average Bonchev–Trinajstić information content (AvgIpc) is 2.48. The summed E-state index contributed by atoms with van der Waals surface area (Å²) in [5.41, 5.74) is 5.81. The molecule has 0 aromatic rings. The number of hydrogen-bond donors (Lipinski definition) is 1. The van der Waals surface area contributed by atoms with Crippen LogP contribution in [0.3, 0.4) is 0 Å². The number of carbonyl (C=O) groups is 1. The van der Waals surface area contributed by atoms with Crippen LogP contribution in [0.4, 0.5) is 0 Å². The summed E-state index contributed by atoms with van der Waals surface area (Å²) < 4.78 is 0. The summed E-state index contributed by atoms with van der Waals surface area (Å²) in [7, 11) is 0. The molecule has 2 atom stereocenters. The van der Waals surface area contributed by atoms with Gasteiger partial charge in [0.2, 0.25) is 5.91 Å². The lowest BCUT2D eigenvalue weighted by Gasteiger charge is -2.41. The Bertz CT molecular complexity index is 352. The Kier molecular flexibility index (Phi) is 7.56. The maximum Gasteiger partial charge on any atom is 0.239 e. The van der Waals surface area contributed by atoms with Gasteiger partial charge in [-0.3, -0.25) is 14.6 Å². The smallest absolute Gasteiger partial charge is 0.239 e. The number of hydrogen-bond acceptors (Lipinski definition) is 4. The molecule has 1 amide bonds. The minimum absolute atomic E-state index is 0.0445. The minimum atomic E-state index is -0.0445. The lowest BCUT2D eigenvalue weighted by atomic mass is 10.1. The maximum absolute atomic E-state index is 12.4. The van der Waals surface area contributed by atoms with Crippen molar-refractivity contribution in [1.82, 2.24) is 14.7 Å². The van der Waals surface area contributed by atoms with E-state index in [0.29, 0.717) is 4.99 Å². The molecule has 1 saturated heterocycles. The molecule has 122 valence electrons. The molecule has 1 rings (SSSR count). The van der Waals surface area contributed by atoms with E-state index in [1.165, 1.54) is 0 Å². The molecule has 2 unspecified atom stereocenters. The minimum Gasteiger partial charge on any atom is -0.392 e. The van der Waals surface area contributed by atoms with Gasteiger partial charge in [-0.1, -0.05) is 19.1 Å². The van der Waals surface area contributed by atoms with Gasteiger partial charge in [0.1, 0.15) is 0 Å². The van der Waals surface area contributed by atoms with Gasteiger partial charge in [-0.15, -0.1) is 0 Å². The van der Waals surface area contributed by atoms with E-state index in [1.54, 1.807) is 0 Å². The van der Waals surface area contributed by atoms with Crippen molar-refractivity contribution in [1.29, 1.82) is 0 Å². The molecule has 6 heteroatoms. The van der Waals surface area contributed by atoms with Crippen LogP contribution in [0, 0.1) is 0 Å². The van der Waals surface area contributed by atoms with Crippen molar-refractivity contribution in [3.63, 3.8) is 0 Å². The zero-order valence-corrected chi connectivity index (χ0v) is 14.7. The molecule has 0 bridgehead atoms. The van der Waals surface area contributed by atoms with E-state index >= 15 is 0 Å². The summed E-state index contributed by atoms with van der Waals surface area (Å²) in [5, 5.41) is 0. The molecular weight excluding hydrogens is 284 g/mol. The predicted molar refractivity (Wildman–Crippen MR) is 91.4 cm³/mol. The first-order valence-electron chi connectivity index (χ1n) is 8.02. The molecule has 1 aliphatic heterocycles. The van der Waals surface area contributed by atoms with Crippen molar-refractivity contribution in [3.05, 3.63) is 0 Å². The van der Waals surface area contributed by atoms with E-state index in [-0.39, 0.29) is 18.0 Å². The normalized spacial score (nSPS) is 20.0. The molecule has 1 aliphatic rings. The second-order valence-corrected chi connectivity index (χ2v) is 6.06. The fourth-order valence-corrected chi connectivity index (χ4v) is 3.35. The standard InChI is InChI=1S/C15H30N4OS/c1-5-13(14(16)21)19-10-8-18(9-11-19)12(4)15(20)17(6-2)7-3/h12-13H,5-11H2,1-4H3,(H2,16,21). The Morgan fingerprint density at radius 2 is 1.62 bits per heavy atom. The predicted octanol–water partition coefficient (Wildman–Crippen LogP) is 0.926. The number of thiocarbonyl (C=S) groups is 1. The molecule has 0 radical (unpaired) electrons. The van der Waals surface area contributed by atoms with Crippen molar-refractivity contribution in [2.45, 2.75) is 46.2 Å². The molecule has 0 aromatic heterocycles. The third-order valence-electron chi connectivity index (χ3n) is 4.48. The highest BCUT2D eigenvalue weighted by molar-refractivity contribution is 7.80. The number of piperazine rings is 1. The van der Waals surface area contributed by atoms with E-state index in [9.17, 15) is 4.79 Å². The van der Waals surface area contributed by atoms with Gasteiger partial charge in [-0.05, 0) is 27.2 Å². The van der Waals surface area contributed by atoms with Crippen LogP contribution in [-0.2, 0) is 4.79 Å². The molecule has 0 aliphatic carbocycles. The van der Waals surface area contributed by atoms with Gasteiger partial charge in [0.05, 0.1) is 17.1 Å². The number of amides is 1. The third kappa shape index (κ3) is 4.63. The van der Waals surface area contributed by atoms with Gasteiger partial charge < -0.3 is 10.6 Å². The number of nitrogens with two attached hydrogens (primary N) is 1. The van der Waals surface area contributed by atoms with Crippen molar-refractivity contribution >= 4 is 23.1 Å². The average molecular weight is 314 g/mol. The summed E-state index contributed by atoms with van der Waals surface area (Å²) in [6.45, 7) is 13.4. The van der Waals surface area contributed by atoms with E-state index in [2.05, 4.69) is 16.7 Å². The topological polar surface area (TPSA) is 52.8 Å². The molecule has 1 heterocycles. The van der Waals surface area contributed by atoms with Gasteiger partial charge in [-0.25, -0.2) is 0 Å². The van der Waals surface area contributed by atoms with Crippen LogP contribution in [-0.4, -0.2) is 76.9 Å². The van der Waals surface area contributed by atoms with Crippen LogP contribution in [0.1, 0.15) is 34.1 Å². The van der Waals surface area contributed by atoms with Crippen LogP contribution < -0.4 is 5.73 Å². The lowest BCUT2D eigenvalue weighted by Crippen LogP contribution is -2.57. The zero-order chi connectivity index (χ0) is 16.0. The second kappa shape index (κ2) is 8.66. The zero-order valence-electron chi connectivity index (χ0n) is 13.8. The summed E-state index contributed by atoms with van der Waals surface area (Å²) in [4.78, 5) is 19.5. The largest absolute Gasteiger partial charge is 0.392 e. The second-order valence-electron chi connectivity index (χ2n) is 5.58. The number of carbonyl (C=O) groups excluding carboxylic acids is 1. The van der Waals surface area contributed by atoms with Gasteiger partial charge in [0.25, 0.3) is 0 Å². The van der Waals surface area contributed by atoms with Crippen molar-refractivity contribution < 1.29 is 4.79 Å². The van der Waals surface area contributed by atoms with E-state index < -0.39 is 0 Å². The Balaban J connectivity index is 2.56. The van der Waals surface area contributed by atoms with Crippen LogP contribution in [0.5, 0.6) is 0 Å². The first-order chi connectivity index (χ1) is 9.96. The summed E-state index contributed by atoms with van der Waals surface area (Å²) in [6, 6.07) is 0.146. The number of rotatable bonds is 7. The van der Waals surface area contributed by atoms with Gasteiger partial charge in [-0.2, -0.15) is 0 Å². The third-order valence-corrected chi connectivity index (χ3v) is 4.76. The quantitative estimate of drug-likeness (QED) is 0.709. The van der Waals surface area contributed by atoms with Gasteiger partial charge >= 0.3 is 0 Å². The molecular formula is C15H30N4OS. The van der Waals surface area contributed by atoms with Crippen LogP contribution in [0.25, 0.3) is 0 Å². The van der Waals surface area contributed by atoms with Crippen LogP contribution in [0.15, 0.2) is 0 Å². The van der Waals surface area contributed by atoms with Crippen molar-refractivity contribution in [3.8, 4) is 0 Å². The fraction of sp³-hybridized carbons (Fsp3) is 0.867. The van der Waals surface area contributed by atoms with Crippen LogP contribution in [0.2, 0.25) is 0 Å². The molecule has 0 saturated carbocycles. The van der Waals surface area contributed by atoms with Crippen molar-refractivity contribution in [2.75, 3.05) is 39.3 Å². The number of likely N-dealkylation sites (N-methyl/N-ethyl adjacent to an activating group) is 1. The summed E-state index contributed by atoms with van der Waals surface area (Å²) in [6.07, 6.45) is 0.948. The molecule has 2 N–H and O–H groups in total. The summed E-state index contributed by atoms with van der Waals surface area (Å²) >= 11 is 5.15. The highest BCUT2D eigenvalue weighted by Crippen LogP contribution is 2.13. The first kappa shape index (κ1) is 18.3. The Morgan fingerprint density at radius 3 is 2.00 bits per heavy atom. The van der Waals surface area contributed by atoms with E-state index in [1.807, 2.05) is 25.7 Å². The SMILES string of the molecule is CCC(C(N)=S)N1CCN(C(C)C(=O)N(CC)CC)CC1. The molecule has 1 fully saturated rings. The maximum atomic E-state index is 12.4. The van der Waals surface area contributed by atoms with E-state index in [0.717, 1.165) is 45.7 Å². The van der Waals surface area contributed by atoms with Crippen molar-refractivity contribution in [2.24, 2.45) is 5.73 Å². The highest BCUT2D eigenvalue weighted by atomic mass is 32.1. The Hall–Kier alpha value is -0.720. The Morgan fingerprint density at radius 1 is 1.14 bits per heavy atom.